The molecule has 23 heavy (non-hydrogen) atoms. The Morgan fingerprint density at radius 3 is 2.70 bits per heavy atom. The van der Waals surface area contributed by atoms with E-state index >= 15 is 0 Å². The number of carbonyl (C=O) groups excluding carboxylic acids is 1. The number of rotatable bonds is 5. The highest BCUT2D eigenvalue weighted by Crippen LogP contribution is 2.44. The minimum absolute atomic E-state index is 0.0531. The van der Waals surface area contributed by atoms with Gasteiger partial charge in [-0.25, -0.2) is 4.79 Å². The molecule has 1 atom stereocenters. The van der Waals surface area contributed by atoms with Crippen LogP contribution in [0.2, 0.25) is 0 Å². The summed E-state index contributed by atoms with van der Waals surface area (Å²) in [6.45, 7) is 5.74. The highest BCUT2D eigenvalue weighted by Gasteiger charge is 2.36. The van der Waals surface area contributed by atoms with Gasteiger partial charge in [0.25, 0.3) is 5.91 Å². The fourth-order valence-electron chi connectivity index (χ4n) is 2.58. The first kappa shape index (κ1) is 16.9. The summed E-state index contributed by atoms with van der Waals surface area (Å²) in [5.41, 5.74) is 1.22. The lowest BCUT2D eigenvalue weighted by molar-refractivity contribution is -0.131. The van der Waals surface area contributed by atoms with E-state index in [0.717, 1.165) is 6.08 Å². The molecule has 1 heterocycles. The Bertz CT molecular complexity index is 651. The number of carboxylic acids is 1. The summed E-state index contributed by atoms with van der Waals surface area (Å²) in [4.78, 5) is 25.0. The monoisotopic (exact) mass is 319 g/mol. The second kappa shape index (κ2) is 6.73. The Hall–Kier alpha value is -2.50. The fraction of sp³-hybridized carbons (Fsp3) is 0.412. The van der Waals surface area contributed by atoms with Crippen molar-refractivity contribution < 1.29 is 24.2 Å². The van der Waals surface area contributed by atoms with Gasteiger partial charge in [0.2, 0.25) is 0 Å². The number of benzene rings is 1. The molecule has 1 amide bonds. The summed E-state index contributed by atoms with van der Waals surface area (Å²) < 4.78 is 11.2. The molecule has 1 aromatic rings. The molecule has 0 spiro atoms. The highest BCUT2D eigenvalue weighted by atomic mass is 16.5. The zero-order valence-electron chi connectivity index (χ0n) is 13.7. The Morgan fingerprint density at radius 2 is 2.17 bits per heavy atom. The van der Waals surface area contributed by atoms with Crippen LogP contribution >= 0.6 is 0 Å². The van der Waals surface area contributed by atoms with Crippen LogP contribution in [0.15, 0.2) is 18.2 Å². The number of fused-ring (bicyclic) bond motifs is 1. The van der Waals surface area contributed by atoms with Crippen LogP contribution in [0, 0.1) is 0 Å². The average Bonchev–Trinajstić information content (AvgIpc) is 2.50. The predicted octanol–water partition coefficient (Wildman–Crippen LogP) is 2.71. The smallest absolute Gasteiger partial charge is 0.328 e. The van der Waals surface area contributed by atoms with Crippen molar-refractivity contribution in [3.63, 3.8) is 0 Å². The van der Waals surface area contributed by atoms with Crippen molar-refractivity contribution in [1.82, 2.24) is 0 Å². The van der Waals surface area contributed by atoms with Crippen LogP contribution in [0.1, 0.15) is 32.8 Å². The summed E-state index contributed by atoms with van der Waals surface area (Å²) in [6.07, 6.45) is 2.52. The first-order valence-electron chi connectivity index (χ1n) is 7.51. The highest BCUT2D eigenvalue weighted by molar-refractivity contribution is 6.01. The minimum Gasteiger partial charge on any atom is -0.493 e. The second-order valence-corrected chi connectivity index (χ2v) is 5.56. The van der Waals surface area contributed by atoms with Gasteiger partial charge >= 0.3 is 5.97 Å². The van der Waals surface area contributed by atoms with Crippen LogP contribution in [0.4, 0.5) is 5.69 Å². The van der Waals surface area contributed by atoms with E-state index in [4.69, 9.17) is 14.6 Å². The van der Waals surface area contributed by atoms with Crippen LogP contribution in [-0.4, -0.2) is 36.2 Å². The van der Waals surface area contributed by atoms with Crippen LogP contribution < -0.4 is 14.4 Å². The van der Waals surface area contributed by atoms with Gasteiger partial charge in [-0.1, -0.05) is 6.92 Å². The summed E-state index contributed by atoms with van der Waals surface area (Å²) in [5, 5.41) is 8.78. The maximum absolute atomic E-state index is 12.6. The number of methoxy groups -OCH3 is 1. The molecule has 6 nitrogen and oxygen atoms in total. The minimum atomic E-state index is -1.04. The molecule has 1 aliphatic heterocycles. The molecule has 0 radical (unpaired) electrons. The Morgan fingerprint density at radius 1 is 1.48 bits per heavy atom. The third-order valence-electron chi connectivity index (χ3n) is 3.62. The van der Waals surface area contributed by atoms with Gasteiger partial charge in [0, 0.05) is 12.1 Å². The average molecular weight is 319 g/mol. The SMILES string of the molecule is CCC1Oc2c(OC)cc(/C=C/C(=O)O)cc2N(C(C)C)C1=O. The predicted molar refractivity (Wildman–Crippen MR) is 87.0 cm³/mol. The third kappa shape index (κ3) is 3.31. The molecular formula is C17H21NO5. The lowest BCUT2D eigenvalue weighted by atomic mass is 10.1. The van der Waals surface area contributed by atoms with Gasteiger partial charge < -0.3 is 19.5 Å². The normalized spacial score (nSPS) is 17.3. The van der Waals surface area contributed by atoms with Gasteiger partial charge in [-0.15, -0.1) is 0 Å². The number of hydrogen-bond acceptors (Lipinski definition) is 4. The number of aliphatic carboxylic acids is 1. The van der Waals surface area contributed by atoms with Crippen molar-refractivity contribution in [2.75, 3.05) is 12.0 Å². The molecule has 0 fully saturated rings. The van der Waals surface area contributed by atoms with Gasteiger partial charge in [0.1, 0.15) is 0 Å². The van der Waals surface area contributed by atoms with E-state index in [-0.39, 0.29) is 11.9 Å². The van der Waals surface area contributed by atoms with Gasteiger partial charge in [0.05, 0.1) is 12.8 Å². The molecule has 0 aromatic heterocycles. The molecule has 1 N–H and O–H groups in total. The van der Waals surface area contributed by atoms with E-state index in [1.165, 1.54) is 13.2 Å². The van der Waals surface area contributed by atoms with Crippen molar-refractivity contribution in [1.29, 1.82) is 0 Å². The number of nitrogens with zero attached hydrogens (tertiary/aromatic N) is 1. The van der Waals surface area contributed by atoms with Gasteiger partial charge in [-0.3, -0.25) is 4.79 Å². The lowest BCUT2D eigenvalue weighted by Crippen LogP contribution is -2.49. The maximum Gasteiger partial charge on any atom is 0.328 e. The Kier molecular flexibility index (Phi) is 4.93. The molecule has 1 aliphatic rings. The molecule has 1 aromatic carbocycles. The van der Waals surface area contributed by atoms with E-state index in [1.54, 1.807) is 17.0 Å². The Labute approximate surface area is 135 Å². The number of anilines is 1. The quantitative estimate of drug-likeness (QED) is 0.845. The zero-order valence-corrected chi connectivity index (χ0v) is 13.7. The largest absolute Gasteiger partial charge is 0.493 e. The molecule has 0 saturated heterocycles. The molecule has 0 bridgehead atoms. The number of hydrogen-bond donors (Lipinski definition) is 1. The van der Waals surface area contributed by atoms with Crippen molar-refractivity contribution >= 4 is 23.6 Å². The number of carbonyl (C=O) groups is 2. The number of amides is 1. The second-order valence-electron chi connectivity index (χ2n) is 5.56. The number of carboxylic acid groups (broad SMARTS) is 1. The Balaban J connectivity index is 2.60. The van der Waals surface area contributed by atoms with Gasteiger partial charge in [-0.2, -0.15) is 0 Å². The molecule has 0 saturated carbocycles. The first-order chi connectivity index (χ1) is 10.9. The van der Waals surface area contributed by atoms with E-state index in [0.29, 0.717) is 29.2 Å². The third-order valence-corrected chi connectivity index (χ3v) is 3.62. The van der Waals surface area contributed by atoms with Crippen LogP contribution in [0.5, 0.6) is 11.5 Å². The first-order valence-corrected chi connectivity index (χ1v) is 7.51. The molecule has 6 heteroatoms. The van der Waals surface area contributed by atoms with Crippen molar-refractivity contribution in [2.24, 2.45) is 0 Å². The van der Waals surface area contributed by atoms with E-state index in [9.17, 15) is 9.59 Å². The topological polar surface area (TPSA) is 76.1 Å². The van der Waals surface area contributed by atoms with E-state index in [1.807, 2.05) is 20.8 Å². The van der Waals surface area contributed by atoms with Crippen molar-refractivity contribution in [3.8, 4) is 11.5 Å². The van der Waals surface area contributed by atoms with E-state index in [2.05, 4.69) is 0 Å². The summed E-state index contributed by atoms with van der Waals surface area (Å²) in [7, 11) is 1.51. The standard InChI is InChI=1S/C17H21NO5/c1-5-13-17(21)18(10(2)3)12-8-11(6-7-15(19)20)9-14(22-4)16(12)23-13/h6-10,13H,5H2,1-4H3,(H,19,20)/b7-6+. The maximum atomic E-state index is 12.6. The fourth-order valence-corrected chi connectivity index (χ4v) is 2.58. The van der Waals surface area contributed by atoms with Crippen molar-refractivity contribution in [2.45, 2.75) is 39.3 Å². The summed E-state index contributed by atoms with van der Waals surface area (Å²) >= 11 is 0. The van der Waals surface area contributed by atoms with Gasteiger partial charge in [0.15, 0.2) is 17.6 Å². The molecule has 124 valence electrons. The molecule has 1 unspecified atom stereocenters. The van der Waals surface area contributed by atoms with Crippen molar-refractivity contribution in [3.05, 3.63) is 23.8 Å². The lowest BCUT2D eigenvalue weighted by Gasteiger charge is -2.37. The summed E-state index contributed by atoms with van der Waals surface area (Å²) in [5.74, 6) is -0.151. The number of ether oxygens (including phenoxy) is 2. The molecular weight excluding hydrogens is 298 g/mol. The van der Waals surface area contributed by atoms with Crippen LogP contribution in [0.3, 0.4) is 0 Å². The zero-order chi connectivity index (χ0) is 17.1. The van der Waals surface area contributed by atoms with Crippen LogP contribution in [-0.2, 0) is 9.59 Å². The molecule has 2 rings (SSSR count). The van der Waals surface area contributed by atoms with Crippen LogP contribution in [0.25, 0.3) is 6.08 Å². The van der Waals surface area contributed by atoms with Gasteiger partial charge in [-0.05, 0) is 44.0 Å². The molecule has 0 aliphatic carbocycles. The summed E-state index contributed by atoms with van der Waals surface area (Å²) in [6, 6.07) is 3.38. The van der Waals surface area contributed by atoms with E-state index < -0.39 is 12.1 Å².